The minimum atomic E-state index is 0.118. The Morgan fingerprint density at radius 1 is 1.19 bits per heavy atom. The van der Waals surface area contributed by atoms with Gasteiger partial charge in [-0.2, -0.15) is 0 Å². The number of likely N-dealkylation sites (N-methyl/N-ethyl adjacent to an activating group) is 2. The fourth-order valence-electron chi connectivity index (χ4n) is 2.67. The molecule has 1 atom stereocenters. The summed E-state index contributed by atoms with van der Waals surface area (Å²) in [5, 5.41) is 3.26. The first-order chi connectivity index (χ1) is 13.0. The first-order valence-electron chi connectivity index (χ1n) is 9.90. The zero-order valence-corrected chi connectivity index (χ0v) is 17.6. The highest BCUT2D eigenvalue weighted by Gasteiger charge is 2.15. The molecule has 1 N–H and O–H groups in total. The number of carbonyl (C=O) groups excluding carboxylic acids is 1. The van der Waals surface area contributed by atoms with Crippen molar-refractivity contribution >= 4 is 11.9 Å². The quantitative estimate of drug-likeness (QED) is 0.476. The standard InChI is InChI=1S/C21H36N4O2/c1-6-22-21(24(5)15-20(26)25(7-2)8-3)23-14-18(4)16-27-17-19-12-10-9-11-13-19/h9-13,18H,6-8,14-17H2,1-5H3,(H,22,23). The van der Waals surface area contributed by atoms with Gasteiger partial charge < -0.3 is 19.9 Å². The molecule has 0 aliphatic heterocycles. The summed E-state index contributed by atoms with van der Waals surface area (Å²) in [4.78, 5) is 20.7. The molecular formula is C21H36N4O2. The number of nitrogens with zero attached hydrogens (tertiary/aromatic N) is 3. The first kappa shape index (κ1) is 23.0. The van der Waals surface area contributed by atoms with E-state index in [0.717, 1.165) is 25.6 Å². The molecule has 0 aromatic heterocycles. The van der Waals surface area contributed by atoms with Gasteiger partial charge in [0.25, 0.3) is 0 Å². The number of nitrogens with one attached hydrogen (secondary N) is 1. The average molecular weight is 377 g/mol. The fraction of sp³-hybridized carbons (Fsp3) is 0.619. The Labute approximate surface area is 164 Å². The molecule has 0 spiro atoms. The summed E-state index contributed by atoms with van der Waals surface area (Å²) in [7, 11) is 1.90. The molecule has 152 valence electrons. The van der Waals surface area contributed by atoms with Crippen LogP contribution in [-0.4, -0.2) is 68.0 Å². The largest absolute Gasteiger partial charge is 0.376 e. The van der Waals surface area contributed by atoms with Gasteiger partial charge in [0.05, 0.1) is 19.8 Å². The number of amides is 1. The highest BCUT2D eigenvalue weighted by molar-refractivity contribution is 5.86. The lowest BCUT2D eigenvalue weighted by Crippen LogP contribution is -2.45. The lowest BCUT2D eigenvalue weighted by atomic mass is 10.2. The number of aliphatic imine (C=N–C) groups is 1. The van der Waals surface area contributed by atoms with Crippen LogP contribution in [0.25, 0.3) is 0 Å². The van der Waals surface area contributed by atoms with E-state index in [4.69, 9.17) is 4.74 Å². The Bertz CT molecular complexity index is 559. The van der Waals surface area contributed by atoms with Gasteiger partial charge in [0.1, 0.15) is 0 Å². The molecule has 0 radical (unpaired) electrons. The van der Waals surface area contributed by atoms with Gasteiger partial charge in [-0.05, 0) is 32.3 Å². The van der Waals surface area contributed by atoms with Crippen LogP contribution in [0.3, 0.4) is 0 Å². The Balaban J connectivity index is 2.49. The summed E-state index contributed by atoms with van der Waals surface area (Å²) in [6, 6.07) is 10.2. The van der Waals surface area contributed by atoms with Crippen molar-refractivity contribution in [2.24, 2.45) is 10.9 Å². The predicted octanol–water partition coefficient (Wildman–Crippen LogP) is 2.61. The Morgan fingerprint density at radius 3 is 2.44 bits per heavy atom. The van der Waals surface area contributed by atoms with E-state index in [1.54, 1.807) is 0 Å². The predicted molar refractivity (Wildman–Crippen MR) is 112 cm³/mol. The maximum atomic E-state index is 12.3. The zero-order valence-electron chi connectivity index (χ0n) is 17.6. The minimum absolute atomic E-state index is 0.118. The van der Waals surface area contributed by atoms with Gasteiger partial charge in [0.15, 0.2) is 5.96 Å². The van der Waals surface area contributed by atoms with Gasteiger partial charge in [0, 0.05) is 33.2 Å². The Hall–Kier alpha value is -2.08. The third-order valence-electron chi connectivity index (χ3n) is 4.25. The summed E-state index contributed by atoms with van der Waals surface area (Å²) in [5.41, 5.74) is 1.18. The molecule has 0 saturated carbocycles. The van der Waals surface area contributed by atoms with Crippen molar-refractivity contribution in [3.05, 3.63) is 35.9 Å². The van der Waals surface area contributed by atoms with Crippen LogP contribution in [0.4, 0.5) is 0 Å². The molecule has 0 fully saturated rings. The average Bonchev–Trinajstić information content (AvgIpc) is 2.66. The second-order valence-electron chi connectivity index (χ2n) is 6.72. The van der Waals surface area contributed by atoms with E-state index in [1.807, 2.05) is 55.8 Å². The molecule has 1 amide bonds. The number of carbonyl (C=O) groups is 1. The van der Waals surface area contributed by atoms with E-state index >= 15 is 0 Å². The molecule has 0 heterocycles. The topological polar surface area (TPSA) is 57.2 Å². The number of ether oxygens (including phenoxy) is 1. The lowest BCUT2D eigenvalue weighted by molar-refractivity contribution is -0.131. The van der Waals surface area contributed by atoms with E-state index in [9.17, 15) is 4.79 Å². The molecule has 6 heteroatoms. The summed E-state index contributed by atoms with van der Waals surface area (Å²) < 4.78 is 5.80. The number of rotatable bonds is 11. The maximum absolute atomic E-state index is 12.3. The molecule has 1 aromatic rings. The van der Waals surface area contributed by atoms with Crippen LogP contribution in [0.15, 0.2) is 35.3 Å². The van der Waals surface area contributed by atoms with Gasteiger partial charge in [0.2, 0.25) is 5.91 Å². The summed E-state index contributed by atoms with van der Waals surface area (Å²) in [5.74, 6) is 1.18. The van der Waals surface area contributed by atoms with Crippen LogP contribution in [0.2, 0.25) is 0 Å². The van der Waals surface area contributed by atoms with Crippen molar-refractivity contribution < 1.29 is 9.53 Å². The van der Waals surface area contributed by atoms with Gasteiger partial charge >= 0.3 is 0 Å². The van der Waals surface area contributed by atoms with Crippen molar-refractivity contribution in [1.82, 2.24) is 15.1 Å². The molecule has 27 heavy (non-hydrogen) atoms. The van der Waals surface area contributed by atoms with Crippen molar-refractivity contribution in [3.63, 3.8) is 0 Å². The third-order valence-corrected chi connectivity index (χ3v) is 4.25. The van der Waals surface area contributed by atoms with Crippen LogP contribution in [0.1, 0.15) is 33.3 Å². The van der Waals surface area contributed by atoms with Crippen LogP contribution in [0, 0.1) is 5.92 Å². The maximum Gasteiger partial charge on any atom is 0.242 e. The molecular weight excluding hydrogens is 340 g/mol. The van der Waals surface area contributed by atoms with Gasteiger partial charge in [-0.3, -0.25) is 9.79 Å². The SMILES string of the molecule is CCNC(=NCC(C)COCc1ccccc1)N(C)CC(=O)N(CC)CC. The van der Waals surface area contributed by atoms with Crippen molar-refractivity contribution in [1.29, 1.82) is 0 Å². The Morgan fingerprint density at radius 2 is 1.85 bits per heavy atom. The molecule has 6 nitrogen and oxygen atoms in total. The summed E-state index contributed by atoms with van der Waals surface area (Å²) in [6.45, 7) is 12.6. The van der Waals surface area contributed by atoms with Gasteiger partial charge in [-0.1, -0.05) is 37.3 Å². The molecule has 0 aliphatic carbocycles. The summed E-state index contributed by atoms with van der Waals surface area (Å²) in [6.07, 6.45) is 0. The molecule has 0 saturated heterocycles. The lowest BCUT2D eigenvalue weighted by Gasteiger charge is -2.26. The highest BCUT2D eigenvalue weighted by atomic mass is 16.5. The number of benzene rings is 1. The first-order valence-corrected chi connectivity index (χ1v) is 9.90. The molecule has 1 aromatic carbocycles. The molecule has 0 aliphatic rings. The second kappa shape index (κ2) is 13.1. The zero-order chi connectivity index (χ0) is 20.1. The highest BCUT2D eigenvalue weighted by Crippen LogP contribution is 2.04. The van der Waals surface area contributed by atoms with Gasteiger partial charge in [-0.15, -0.1) is 0 Å². The van der Waals surface area contributed by atoms with Crippen LogP contribution in [0.5, 0.6) is 0 Å². The van der Waals surface area contributed by atoms with E-state index < -0.39 is 0 Å². The normalized spacial score (nSPS) is 12.6. The minimum Gasteiger partial charge on any atom is -0.376 e. The smallest absolute Gasteiger partial charge is 0.242 e. The van der Waals surface area contributed by atoms with Crippen molar-refractivity contribution in [2.75, 3.05) is 46.4 Å². The molecule has 1 rings (SSSR count). The van der Waals surface area contributed by atoms with Crippen molar-refractivity contribution in [3.8, 4) is 0 Å². The monoisotopic (exact) mass is 376 g/mol. The van der Waals surface area contributed by atoms with E-state index in [2.05, 4.69) is 29.4 Å². The van der Waals surface area contributed by atoms with E-state index in [1.165, 1.54) is 5.56 Å². The third kappa shape index (κ3) is 8.91. The molecule has 0 bridgehead atoms. The summed E-state index contributed by atoms with van der Waals surface area (Å²) >= 11 is 0. The molecule has 1 unspecified atom stereocenters. The van der Waals surface area contributed by atoms with E-state index in [0.29, 0.717) is 32.2 Å². The van der Waals surface area contributed by atoms with Crippen LogP contribution < -0.4 is 5.32 Å². The van der Waals surface area contributed by atoms with Crippen LogP contribution >= 0.6 is 0 Å². The van der Waals surface area contributed by atoms with E-state index in [-0.39, 0.29) is 5.91 Å². The van der Waals surface area contributed by atoms with Crippen LogP contribution in [-0.2, 0) is 16.1 Å². The number of hydrogen-bond acceptors (Lipinski definition) is 3. The Kier molecular flexibility index (Phi) is 11.2. The van der Waals surface area contributed by atoms with Crippen molar-refractivity contribution in [2.45, 2.75) is 34.3 Å². The second-order valence-corrected chi connectivity index (χ2v) is 6.72. The number of guanidine groups is 1. The fourth-order valence-corrected chi connectivity index (χ4v) is 2.67. The van der Waals surface area contributed by atoms with Gasteiger partial charge in [-0.25, -0.2) is 0 Å². The number of hydrogen-bond donors (Lipinski definition) is 1.